The zero-order valence-corrected chi connectivity index (χ0v) is 15.7. The Kier molecular flexibility index (Phi) is 4.66. The Bertz CT molecular complexity index is 1140. The molecule has 29 heavy (non-hydrogen) atoms. The minimum absolute atomic E-state index is 0.174. The summed E-state index contributed by atoms with van der Waals surface area (Å²) < 4.78 is 47.0. The summed E-state index contributed by atoms with van der Waals surface area (Å²) in [5.74, 6) is -0.336. The number of halogens is 4. The normalized spacial score (nSPS) is 15.8. The fraction of sp³-hybridized carbons (Fsp3) is 0.150. The smallest absolute Gasteiger partial charge is 0.416 e. The van der Waals surface area contributed by atoms with Gasteiger partial charge in [0, 0.05) is 35.5 Å². The van der Waals surface area contributed by atoms with E-state index in [4.69, 9.17) is 16.3 Å². The minimum atomic E-state index is -4.54. The van der Waals surface area contributed by atoms with E-state index in [1.54, 1.807) is 35.0 Å². The maximum atomic E-state index is 13.4. The molecule has 1 aromatic heterocycles. The molecule has 0 bridgehead atoms. The number of rotatable bonds is 2. The van der Waals surface area contributed by atoms with Gasteiger partial charge in [0.25, 0.3) is 6.23 Å². The molecule has 4 rings (SSSR count). The number of hydrogen-bond acceptors (Lipinski definition) is 4. The minimum Gasteiger partial charge on any atom is -0.432 e. The molecule has 1 unspecified atom stereocenters. The topological polar surface area (TPSA) is 56.5 Å². The van der Waals surface area contributed by atoms with Crippen LogP contribution in [0.25, 0.3) is 5.69 Å². The molecule has 0 saturated carbocycles. The first kappa shape index (κ1) is 19.2. The highest BCUT2D eigenvalue weighted by atomic mass is 35.5. The number of hydrogen-bond donors (Lipinski definition) is 0. The van der Waals surface area contributed by atoms with Crippen molar-refractivity contribution < 1.29 is 22.7 Å². The Balaban J connectivity index is 2.04. The number of aliphatic imine (C=N–C) groups is 1. The molecule has 3 aromatic rings. The first-order chi connectivity index (χ1) is 13.8. The molecule has 0 N–H and O–H groups in total. The zero-order chi connectivity index (χ0) is 20.8. The molecule has 148 valence electrons. The third-order valence-corrected chi connectivity index (χ3v) is 4.71. The lowest BCUT2D eigenvalue weighted by molar-refractivity contribution is -0.146. The van der Waals surface area contributed by atoms with Gasteiger partial charge in [-0.2, -0.15) is 13.2 Å². The standard InChI is InChI=1S/C20H13ClF3N3O2/c1-11(28)29-19-18-25-8-9-27(18)16-7-6-12(20(22,23)24)10-14(16)17(26-19)13-4-2-3-5-15(13)21/h2-10,19H,1H3. The first-order valence-electron chi connectivity index (χ1n) is 8.51. The third-order valence-electron chi connectivity index (χ3n) is 4.38. The van der Waals surface area contributed by atoms with Crippen molar-refractivity contribution in [2.75, 3.05) is 0 Å². The van der Waals surface area contributed by atoms with E-state index in [0.717, 1.165) is 12.1 Å². The number of imidazole rings is 1. The predicted octanol–water partition coefficient (Wildman–Crippen LogP) is 4.96. The summed E-state index contributed by atoms with van der Waals surface area (Å²) in [5.41, 5.74) is 0.371. The molecule has 0 spiro atoms. The number of carbonyl (C=O) groups is 1. The summed E-state index contributed by atoms with van der Waals surface area (Å²) in [4.78, 5) is 20.3. The van der Waals surface area contributed by atoms with Crippen LogP contribution in [0, 0.1) is 0 Å². The number of alkyl halides is 3. The van der Waals surface area contributed by atoms with E-state index in [-0.39, 0.29) is 17.1 Å². The highest BCUT2D eigenvalue weighted by molar-refractivity contribution is 6.35. The van der Waals surface area contributed by atoms with Crippen LogP contribution in [0.1, 0.15) is 35.7 Å². The fourth-order valence-corrected chi connectivity index (χ4v) is 3.39. The summed E-state index contributed by atoms with van der Waals surface area (Å²) in [6, 6.07) is 9.98. The van der Waals surface area contributed by atoms with Crippen LogP contribution < -0.4 is 0 Å². The average Bonchev–Trinajstić information content (AvgIpc) is 3.10. The molecule has 1 aliphatic rings. The molecule has 0 radical (unpaired) electrons. The second-order valence-corrected chi connectivity index (χ2v) is 6.71. The van der Waals surface area contributed by atoms with Crippen LogP contribution in [0.4, 0.5) is 13.2 Å². The van der Waals surface area contributed by atoms with Gasteiger partial charge in [-0.25, -0.2) is 9.98 Å². The van der Waals surface area contributed by atoms with Crippen molar-refractivity contribution in [1.29, 1.82) is 0 Å². The predicted molar refractivity (Wildman–Crippen MR) is 100 cm³/mol. The van der Waals surface area contributed by atoms with Crippen molar-refractivity contribution in [1.82, 2.24) is 9.55 Å². The van der Waals surface area contributed by atoms with Gasteiger partial charge in [-0.1, -0.05) is 29.8 Å². The van der Waals surface area contributed by atoms with E-state index in [9.17, 15) is 18.0 Å². The van der Waals surface area contributed by atoms with Gasteiger partial charge in [0.15, 0.2) is 5.82 Å². The number of benzene rings is 2. The molecule has 9 heteroatoms. The lowest BCUT2D eigenvalue weighted by Crippen LogP contribution is -2.12. The van der Waals surface area contributed by atoms with Crippen molar-refractivity contribution >= 4 is 23.3 Å². The molecule has 0 aliphatic carbocycles. The molecule has 2 heterocycles. The maximum Gasteiger partial charge on any atom is 0.416 e. The van der Waals surface area contributed by atoms with Crippen LogP contribution in [0.3, 0.4) is 0 Å². The Morgan fingerprint density at radius 1 is 1.17 bits per heavy atom. The van der Waals surface area contributed by atoms with Crippen LogP contribution in [-0.4, -0.2) is 21.2 Å². The van der Waals surface area contributed by atoms with Gasteiger partial charge in [0.05, 0.1) is 17.0 Å². The van der Waals surface area contributed by atoms with Crippen LogP contribution in [-0.2, 0) is 15.7 Å². The van der Waals surface area contributed by atoms with Crippen LogP contribution >= 0.6 is 11.6 Å². The molecule has 5 nitrogen and oxygen atoms in total. The molecular formula is C20H13ClF3N3O2. The lowest BCUT2D eigenvalue weighted by Gasteiger charge is -2.15. The second kappa shape index (κ2) is 7.04. The number of carbonyl (C=O) groups excluding carboxylic acids is 1. The number of nitrogens with zero attached hydrogens (tertiary/aromatic N) is 3. The van der Waals surface area contributed by atoms with Gasteiger partial charge in [-0.15, -0.1) is 0 Å². The molecule has 0 saturated heterocycles. The highest BCUT2D eigenvalue weighted by Crippen LogP contribution is 2.36. The van der Waals surface area contributed by atoms with Gasteiger partial charge in [0.2, 0.25) is 0 Å². The zero-order valence-electron chi connectivity index (χ0n) is 14.9. The van der Waals surface area contributed by atoms with Gasteiger partial charge < -0.3 is 4.74 Å². The Morgan fingerprint density at radius 2 is 1.93 bits per heavy atom. The molecule has 1 aliphatic heterocycles. The Labute approximate surface area is 168 Å². The summed E-state index contributed by atoms with van der Waals surface area (Å²) in [6.07, 6.45) is -2.65. The number of ether oxygens (including phenoxy) is 1. The SMILES string of the molecule is CC(=O)OC1N=C(c2ccccc2Cl)c2cc(C(F)(F)F)ccc2-n2ccnc21. The Morgan fingerprint density at radius 3 is 2.62 bits per heavy atom. The fourth-order valence-electron chi connectivity index (χ4n) is 3.16. The molecule has 0 amide bonds. The molecule has 1 atom stereocenters. The van der Waals surface area contributed by atoms with Crippen molar-refractivity contribution in [3.63, 3.8) is 0 Å². The van der Waals surface area contributed by atoms with E-state index in [2.05, 4.69) is 9.98 Å². The monoisotopic (exact) mass is 419 g/mol. The van der Waals surface area contributed by atoms with E-state index in [0.29, 0.717) is 16.3 Å². The quantitative estimate of drug-likeness (QED) is 0.552. The summed E-state index contributed by atoms with van der Waals surface area (Å²) in [5, 5.41) is 0.302. The third kappa shape index (κ3) is 3.51. The van der Waals surface area contributed by atoms with Gasteiger partial charge >= 0.3 is 12.1 Å². The number of fused-ring (bicyclic) bond motifs is 3. The summed E-state index contributed by atoms with van der Waals surface area (Å²) >= 11 is 6.31. The van der Waals surface area contributed by atoms with Crippen LogP contribution in [0.15, 0.2) is 59.9 Å². The van der Waals surface area contributed by atoms with E-state index in [1.807, 2.05) is 0 Å². The van der Waals surface area contributed by atoms with Crippen molar-refractivity contribution in [2.45, 2.75) is 19.3 Å². The van der Waals surface area contributed by atoms with Gasteiger partial charge in [-0.05, 0) is 24.3 Å². The van der Waals surface area contributed by atoms with Crippen molar-refractivity contribution in [3.05, 3.63) is 82.4 Å². The number of aromatic nitrogens is 2. The summed E-state index contributed by atoms with van der Waals surface area (Å²) in [7, 11) is 0. The molecule has 0 fully saturated rings. The van der Waals surface area contributed by atoms with Crippen LogP contribution in [0.2, 0.25) is 5.02 Å². The summed E-state index contributed by atoms with van der Waals surface area (Å²) in [6.45, 7) is 1.22. The van der Waals surface area contributed by atoms with Crippen LogP contribution in [0.5, 0.6) is 0 Å². The second-order valence-electron chi connectivity index (χ2n) is 6.30. The van der Waals surface area contributed by atoms with E-state index >= 15 is 0 Å². The Hall–Kier alpha value is -3.13. The van der Waals surface area contributed by atoms with E-state index in [1.165, 1.54) is 19.2 Å². The molecule has 2 aromatic carbocycles. The van der Waals surface area contributed by atoms with Crippen molar-refractivity contribution in [3.8, 4) is 5.69 Å². The highest BCUT2D eigenvalue weighted by Gasteiger charge is 2.34. The lowest BCUT2D eigenvalue weighted by atomic mass is 9.98. The van der Waals surface area contributed by atoms with Gasteiger partial charge in [-0.3, -0.25) is 9.36 Å². The maximum absolute atomic E-state index is 13.4. The van der Waals surface area contributed by atoms with E-state index < -0.39 is 23.9 Å². The average molecular weight is 420 g/mol. The largest absolute Gasteiger partial charge is 0.432 e. The van der Waals surface area contributed by atoms with Crippen molar-refractivity contribution in [2.24, 2.45) is 4.99 Å². The number of esters is 1. The molecular weight excluding hydrogens is 407 g/mol. The van der Waals surface area contributed by atoms with Gasteiger partial charge in [0.1, 0.15) is 0 Å². The first-order valence-corrected chi connectivity index (χ1v) is 8.88.